The molecule has 0 radical (unpaired) electrons. The van der Waals surface area contributed by atoms with Crippen LogP contribution in [0.2, 0.25) is 5.02 Å². The van der Waals surface area contributed by atoms with Gasteiger partial charge in [-0.15, -0.1) is 0 Å². The molecule has 0 spiro atoms. The number of carboxylic acid groups (broad SMARTS) is 1. The third-order valence-electron chi connectivity index (χ3n) is 3.31. The van der Waals surface area contributed by atoms with Gasteiger partial charge in [0.25, 0.3) is 0 Å². The summed E-state index contributed by atoms with van der Waals surface area (Å²) < 4.78 is 32.7. The van der Waals surface area contributed by atoms with E-state index in [4.69, 9.17) is 16.7 Å². The molecule has 0 unspecified atom stereocenters. The van der Waals surface area contributed by atoms with Crippen molar-refractivity contribution in [2.24, 2.45) is 0 Å². The van der Waals surface area contributed by atoms with Gasteiger partial charge >= 0.3 is 6.16 Å². The minimum absolute atomic E-state index is 0.125. The number of benzene rings is 2. The Morgan fingerprint density at radius 2 is 1.83 bits per heavy atom. The molecule has 1 aromatic heterocycles. The van der Waals surface area contributed by atoms with Crippen LogP contribution in [0.1, 0.15) is 0 Å². The van der Waals surface area contributed by atoms with Crippen LogP contribution in [0.25, 0.3) is 16.6 Å². The van der Waals surface area contributed by atoms with E-state index >= 15 is 0 Å². The summed E-state index contributed by atoms with van der Waals surface area (Å²) in [5.74, 6) is -1.82. The van der Waals surface area contributed by atoms with Crippen LogP contribution in [-0.4, -0.2) is 15.8 Å². The van der Waals surface area contributed by atoms with Crippen molar-refractivity contribution in [3.05, 3.63) is 69.5 Å². The molecule has 0 saturated carbocycles. The Hall–Kier alpha value is -2.93. The van der Waals surface area contributed by atoms with E-state index in [1.54, 1.807) is 0 Å². The summed E-state index contributed by atoms with van der Waals surface area (Å²) in [6.07, 6.45) is -0.563. The van der Waals surface area contributed by atoms with Crippen molar-refractivity contribution < 1.29 is 23.4 Å². The fourth-order valence-corrected chi connectivity index (χ4v) is 2.44. The van der Waals surface area contributed by atoms with E-state index < -0.39 is 29.0 Å². The van der Waals surface area contributed by atoms with E-state index in [0.717, 1.165) is 12.3 Å². The summed E-state index contributed by atoms with van der Waals surface area (Å²) in [7, 11) is 0. The lowest BCUT2D eigenvalue weighted by Crippen LogP contribution is -2.16. The molecule has 8 heteroatoms. The highest BCUT2D eigenvalue weighted by molar-refractivity contribution is 6.31. The average molecular weight is 352 g/mol. The predicted octanol–water partition coefficient (Wildman–Crippen LogP) is 3.98. The molecule has 0 saturated heterocycles. The molecule has 0 amide bonds. The van der Waals surface area contributed by atoms with Crippen molar-refractivity contribution in [2.75, 3.05) is 0 Å². The molecule has 1 heterocycles. The largest absolute Gasteiger partial charge is 0.511 e. The predicted molar refractivity (Wildman–Crippen MR) is 83.1 cm³/mol. The topological polar surface area (TPSA) is 68.5 Å². The summed E-state index contributed by atoms with van der Waals surface area (Å²) >= 11 is 5.77. The van der Waals surface area contributed by atoms with E-state index in [0.29, 0.717) is 5.69 Å². The van der Waals surface area contributed by atoms with Gasteiger partial charge < -0.3 is 14.4 Å². The van der Waals surface area contributed by atoms with Crippen LogP contribution in [0.4, 0.5) is 13.6 Å². The molecule has 24 heavy (non-hydrogen) atoms. The van der Waals surface area contributed by atoms with Crippen molar-refractivity contribution >= 4 is 28.7 Å². The van der Waals surface area contributed by atoms with E-state index in [1.165, 1.54) is 34.9 Å². The van der Waals surface area contributed by atoms with Crippen molar-refractivity contribution in [1.82, 2.24) is 4.57 Å². The van der Waals surface area contributed by atoms with Crippen LogP contribution in [0.15, 0.2) is 47.4 Å². The third-order valence-corrected chi connectivity index (χ3v) is 3.60. The van der Waals surface area contributed by atoms with E-state index in [9.17, 15) is 18.4 Å². The Balaban J connectivity index is 2.39. The van der Waals surface area contributed by atoms with Crippen molar-refractivity contribution in [3.63, 3.8) is 0 Å². The normalized spacial score (nSPS) is 10.8. The first-order valence-corrected chi connectivity index (χ1v) is 6.96. The smallest absolute Gasteiger partial charge is 0.449 e. The minimum atomic E-state index is -1.69. The van der Waals surface area contributed by atoms with Crippen LogP contribution in [0, 0.1) is 11.6 Å². The molecule has 0 aliphatic heterocycles. The Bertz CT molecular complexity index is 1020. The number of nitrogens with zero attached hydrogens (tertiary/aromatic N) is 1. The van der Waals surface area contributed by atoms with E-state index in [-0.39, 0.29) is 15.9 Å². The molecule has 0 aliphatic rings. The molecule has 3 rings (SSSR count). The second kappa shape index (κ2) is 5.93. The van der Waals surface area contributed by atoms with Gasteiger partial charge in [-0.05, 0) is 36.4 Å². The number of rotatable bonds is 2. The maximum absolute atomic E-state index is 13.7. The lowest BCUT2D eigenvalue weighted by Gasteiger charge is -2.13. The van der Waals surface area contributed by atoms with Gasteiger partial charge in [0.15, 0.2) is 5.75 Å². The Kier molecular flexibility index (Phi) is 3.94. The van der Waals surface area contributed by atoms with E-state index in [2.05, 4.69) is 4.74 Å². The molecule has 2 aromatic carbocycles. The molecule has 0 bridgehead atoms. The monoisotopic (exact) mass is 351 g/mol. The van der Waals surface area contributed by atoms with Crippen molar-refractivity contribution in [2.45, 2.75) is 0 Å². The number of carbonyl (C=O) groups is 1. The summed E-state index contributed by atoms with van der Waals surface area (Å²) in [6.45, 7) is 0. The van der Waals surface area contributed by atoms with Gasteiger partial charge in [-0.25, -0.2) is 13.6 Å². The fraction of sp³-hybridized carbons (Fsp3) is 0. The zero-order valence-corrected chi connectivity index (χ0v) is 12.6. The highest BCUT2D eigenvalue weighted by Crippen LogP contribution is 2.25. The highest BCUT2D eigenvalue weighted by Gasteiger charge is 2.16. The van der Waals surface area contributed by atoms with Gasteiger partial charge in [0.05, 0.1) is 22.1 Å². The zero-order chi connectivity index (χ0) is 17.4. The Morgan fingerprint density at radius 3 is 2.46 bits per heavy atom. The maximum Gasteiger partial charge on any atom is 0.511 e. The van der Waals surface area contributed by atoms with Crippen LogP contribution in [-0.2, 0) is 0 Å². The number of halogens is 3. The first kappa shape index (κ1) is 15.9. The molecule has 3 aromatic rings. The molecule has 0 atom stereocenters. The van der Waals surface area contributed by atoms with Gasteiger partial charge in [-0.3, -0.25) is 4.79 Å². The number of aromatic nitrogens is 1. The first-order valence-electron chi connectivity index (χ1n) is 6.58. The lowest BCUT2D eigenvalue weighted by molar-refractivity contribution is 0.144. The van der Waals surface area contributed by atoms with Gasteiger partial charge in [-0.1, -0.05) is 11.6 Å². The summed E-state index contributed by atoms with van der Waals surface area (Å²) in [6, 6.07) is 7.29. The quantitative estimate of drug-likeness (QED) is 0.709. The Morgan fingerprint density at radius 1 is 1.17 bits per heavy atom. The van der Waals surface area contributed by atoms with Crippen LogP contribution < -0.4 is 10.2 Å². The van der Waals surface area contributed by atoms with Gasteiger partial charge in [-0.2, -0.15) is 0 Å². The van der Waals surface area contributed by atoms with E-state index in [1.807, 2.05) is 0 Å². The number of hydrogen-bond donors (Lipinski definition) is 1. The van der Waals surface area contributed by atoms with Crippen LogP contribution in [0.3, 0.4) is 0 Å². The highest BCUT2D eigenvalue weighted by atomic mass is 35.5. The first-order chi connectivity index (χ1) is 11.4. The average Bonchev–Trinajstić information content (AvgIpc) is 2.53. The van der Waals surface area contributed by atoms with Crippen LogP contribution >= 0.6 is 11.6 Å². The summed E-state index contributed by atoms with van der Waals surface area (Å²) in [4.78, 5) is 23.0. The molecule has 0 fully saturated rings. The molecule has 0 aliphatic carbocycles. The molecule has 5 nitrogen and oxygen atoms in total. The fourth-order valence-electron chi connectivity index (χ4n) is 2.28. The molecular weight excluding hydrogens is 344 g/mol. The SMILES string of the molecule is O=C(O)Oc1cn(-c2ccc(F)cc2)c2cc(Cl)c(F)cc2c1=O. The number of pyridine rings is 1. The number of hydrogen-bond acceptors (Lipinski definition) is 3. The van der Waals surface area contributed by atoms with Crippen molar-refractivity contribution in [1.29, 1.82) is 0 Å². The summed E-state index contributed by atoms with van der Waals surface area (Å²) in [5, 5.41) is 8.40. The second-order valence-electron chi connectivity index (χ2n) is 4.82. The maximum atomic E-state index is 13.7. The molecular formula is C16H8ClF2NO4. The van der Waals surface area contributed by atoms with Crippen LogP contribution in [0.5, 0.6) is 5.75 Å². The van der Waals surface area contributed by atoms with Gasteiger partial charge in [0.2, 0.25) is 5.43 Å². The standard InChI is InChI=1S/C16H8ClF2NO4/c17-11-6-13-10(5-12(11)19)15(21)14(24-16(22)23)7-20(13)9-3-1-8(18)2-4-9/h1-7H,(H,22,23). The lowest BCUT2D eigenvalue weighted by atomic mass is 10.1. The molecule has 1 N–H and O–H groups in total. The third kappa shape index (κ3) is 2.81. The van der Waals surface area contributed by atoms with Gasteiger partial charge in [0.1, 0.15) is 11.6 Å². The number of ether oxygens (including phenoxy) is 1. The zero-order valence-electron chi connectivity index (χ0n) is 11.8. The van der Waals surface area contributed by atoms with Crippen molar-refractivity contribution in [3.8, 4) is 11.4 Å². The number of fused-ring (bicyclic) bond motifs is 1. The Labute approximate surface area is 138 Å². The summed E-state index contributed by atoms with van der Waals surface area (Å²) in [5.41, 5.74) is -0.184. The molecule has 122 valence electrons. The second-order valence-corrected chi connectivity index (χ2v) is 5.23. The minimum Gasteiger partial charge on any atom is -0.449 e. The van der Waals surface area contributed by atoms with Gasteiger partial charge in [0, 0.05) is 5.69 Å².